The van der Waals surface area contributed by atoms with Gasteiger partial charge >= 0.3 is 0 Å². The Balaban J connectivity index is 2.41. The van der Waals surface area contributed by atoms with Crippen LogP contribution in [0.2, 0.25) is 0 Å². The SMILES string of the molecule is CCc1occc1C(=O)NCCCS(N)(=O)=O. The predicted molar refractivity (Wildman–Crippen MR) is 63.0 cm³/mol. The molecule has 0 saturated carbocycles. The fourth-order valence-corrected chi connectivity index (χ4v) is 1.93. The Hall–Kier alpha value is -1.34. The molecule has 1 amide bonds. The summed E-state index contributed by atoms with van der Waals surface area (Å²) in [5, 5.41) is 7.45. The molecular formula is C10H16N2O4S. The van der Waals surface area contributed by atoms with Gasteiger partial charge in [-0.25, -0.2) is 13.6 Å². The van der Waals surface area contributed by atoms with Gasteiger partial charge in [-0.2, -0.15) is 0 Å². The molecule has 0 aliphatic heterocycles. The number of sulfonamides is 1. The summed E-state index contributed by atoms with van der Waals surface area (Å²) in [6.45, 7) is 2.15. The summed E-state index contributed by atoms with van der Waals surface area (Å²) in [5.74, 6) is 0.221. The number of rotatable bonds is 6. The van der Waals surface area contributed by atoms with Gasteiger partial charge in [-0.3, -0.25) is 4.79 Å². The zero-order chi connectivity index (χ0) is 12.9. The average molecular weight is 260 g/mol. The number of furan rings is 1. The lowest BCUT2D eigenvalue weighted by Crippen LogP contribution is -2.27. The third kappa shape index (κ3) is 4.58. The number of hydrogen-bond acceptors (Lipinski definition) is 4. The molecule has 6 nitrogen and oxygen atoms in total. The van der Waals surface area contributed by atoms with Crippen molar-refractivity contribution in [1.82, 2.24) is 5.32 Å². The molecule has 0 radical (unpaired) electrons. The van der Waals surface area contributed by atoms with Crippen LogP contribution in [0, 0.1) is 0 Å². The molecule has 1 rings (SSSR count). The summed E-state index contributed by atoms with van der Waals surface area (Å²) in [6.07, 6.45) is 2.38. The van der Waals surface area contributed by atoms with E-state index in [-0.39, 0.29) is 18.2 Å². The second-order valence-corrected chi connectivity index (χ2v) is 5.32. The molecule has 0 aliphatic carbocycles. The van der Waals surface area contributed by atoms with Gasteiger partial charge in [-0.05, 0) is 12.5 Å². The van der Waals surface area contributed by atoms with Gasteiger partial charge in [0.25, 0.3) is 5.91 Å². The highest BCUT2D eigenvalue weighted by Gasteiger charge is 2.12. The first-order valence-corrected chi connectivity index (χ1v) is 7.00. The van der Waals surface area contributed by atoms with E-state index >= 15 is 0 Å². The maximum atomic E-state index is 11.7. The van der Waals surface area contributed by atoms with E-state index in [0.717, 1.165) is 0 Å². The Labute approximate surface area is 100 Å². The van der Waals surface area contributed by atoms with Crippen LogP contribution in [-0.4, -0.2) is 26.6 Å². The van der Waals surface area contributed by atoms with Crippen molar-refractivity contribution < 1.29 is 17.6 Å². The molecule has 0 atom stereocenters. The Morgan fingerprint density at radius 3 is 2.82 bits per heavy atom. The number of hydrogen-bond donors (Lipinski definition) is 2. The highest BCUT2D eigenvalue weighted by atomic mass is 32.2. The van der Waals surface area contributed by atoms with Crippen molar-refractivity contribution in [2.75, 3.05) is 12.3 Å². The van der Waals surface area contributed by atoms with Crippen molar-refractivity contribution in [2.24, 2.45) is 5.14 Å². The lowest BCUT2D eigenvalue weighted by molar-refractivity contribution is 0.0951. The Morgan fingerprint density at radius 1 is 1.53 bits per heavy atom. The second kappa shape index (κ2) is 5.83. The van der Waals surface area contributed by atoms with Crippen LogP contribution in [0.5, 0.6) is 0 Å². The molecule has 1 aromatic rings. The first-order valence-electron chi connectivity index (χ1n) is 5.29. The Bertz CT molecular complexity index is 478. The molecule has 3 N–H and O–H groups in total. The van der Waals surface area contributed by atoms with Crippen LogP contribution in [-0.2, 0) is 16.4 Å². The van der Waals surface area contributed by atoms with Crippen LogP contribution in [0.15, 0.2) is 16.7 Å². The largest absolute Gasteiger partial charge is 0.469 e. The number of carbonyl (C=O) groups excluding carboxylic acids is 1. The van der Waals surface area contributed by atoms with Gasteiger partial charge in [0, 0.05) is 13.0 Å². The van der Waals surface area contributed by atoms with Crippen molar-refractivity contribution in [3.63, 3.8) is 0 Å². The van der Waals surface area contributed by atoms with Crippen molar-refractivity contribution in [3.05, 3.63) is 23.7 Å². The second-order valence-electron chi connectivity index (χ2n) is 3.59. The van der Waals surface area contributed by atoms with Crippen LogP contribution < -0.4 is 10.5 Å². The highest BCUT2D eigenvalue weighted by molar-refractivity contribution is 7.89. The standard InChI is InChI=1S/C10H16N2O4S/c1-2-9-8(4-6-16-9)10(13)12-5-3-7-17(11,14)15/h4,6H,2-3,5,7H2,1H3,(H,12,13)(H2,11,14,15). The average Bonchev–Trinajstić information content (AvgIpc) is 2.70. The Morgan fingerprint density at radius 2 is 2.24 bits per heavy atom. The van der Waals surface area contributed by atoms with Crippen LogP contribution >= 0.6 is 0 Å². The molecule has 17 heavy (non-hydrogen) atoms. The molecule has 0 aromatic carbocycles. The summed E-state index contributed by atoms with van der Waals surface area (Å²) in [5.41, 5.74) is 0.489. The summed E-state index contributed by atoms with van der Waals surface area (Å²) in [6, 6.07) is 1.59. The van der Waals surface area contributed by atoms with Gasteiger partial charge in [0.2, 0.25) is 10.0 Å². The number of amides is 1. The molecule has 0 saturated heterocycles. The number of aryl methyl sites for hydroxylation is 1. The van der Waals surface area contributed by atoms with Crippen LogP contribution in [0.25, 0.3) is 0 Å². The first-order chi connectivity index (χ1) is 7.94. The fourth-order valence-electron chi connectivity index (χ4n) is 1.39. The van der Waals surface area contributed by atoms with Gasteiger partial charge in [0.15, 0.2) is 0 Å². The van der Waals surface area contributed by atoms with Crippen molar-refractivity contribution in [1.29, 1.82) is 0 Å². The smallest absolute Gasteiger partial charge is 0.254 e. The summed E-state index contributed by atoms with van der Waals surface area (Å²) in [4.78, 5) is 11.7. The van der Waals surface area contributed by atoms with Gasteiger partial charge in [0.1, 0.15) is 5.76 Å². The van der Waals surface area contributed by atoms with Crippen LogP contribution in [0.4, 0.5) is 0 Å². The quantitative estimate of drug-likeness (QED) is 0.716. The molecule has 96 valence electrons. The highest BCUT2D eigenvalue weighted by Crippen LogP contribution is 2.10. The molecule has 0 spiro atoms. The third-order valence-electron chi connectivity index (χ3n) is 2.20. The fraction of sp³-hybridized carbons (Fsp3) is 0.500. The number of nitrogens with one attached hydrogen (secondary N) is 1. The maximum Gasteiger partial charge on any atom is 0.254 e. The van der Waals surface area contributed by atoms with Gasteiger partial charge in [0.05, 0.1) is 17.6 Å². The minimum atomic E-state index is -3.46. The minimum Gasteiger partial charge on any atom is -0.469 e. The monoisotopic (exact) mass is 260 g/mol. The zero-order valence-electron chi connectivity index (χ0n) is 9.60. The summed E-state index contributed by atoms with van der Waals surface area (Å²) in [7, 11) is -3.46. The van der Waals surface area contributed by atoms with Gasteiger partial charge in [-0.15, -0.1) is 0 Å². The van der Waals surface area contributed by atoms with E-state index in [1.54, 1.807) is 6.07 Å². The zero-order valence-corrected chi connectivity index (χ0v) is 10.4. The van der Waals surface area contributed by atoms with E-state index in [1.165, 1.54) is 6.26 Å². The van der Waals surface area contributed by atoms with Gasteiger partial charge in [-0.1, -0.05) is 6.92 Å². The van der Waals surface area contributed by atoms with Gasteiger partial charge < -0.3 is 9.73 Å². The van der Waals surface area contributed by atoms with E-state index in [2.05, 4.69) is 5.32 Å². The molecular weight excluding hydrogens is 244 g/mol. The molecule has 1 heterocycles. The summed E-state index contributed by atoms with van der Waals surface area (Å²) >= 11 is 0. The normalized spacial score (nSPS) is 11.4. The van der Waals surface area contributed by atoms with E-state index in [9.17, 15) is 13.2 Å². The lowest BCUT2D eigenvalue weighted by Gasteiger charge is -2.04. The van der Waals surface area contributed by atoms with Crippen molar-refractivity contribution in [3.8, 4) is 0 Å². The number of primary sulfonamides is 1. The van der Waals surface area contributed by atoms with E-state index < -0.39 is 10.0 Å². The predicted octanol–water partition coefficient (Wildman–Crippen LogP) is 0.250. The molecule has 0 aliphatic rings. The van der Waals surface area contributed by atoms with Crippen molar-refractivity contribution >= 4 is 15.9 Å². The molecule has 1 aromatic heterocycles. The third-order valence-corrected chi connectivity index (χ3v) is 3.06. The van der Waals surface area contributed by atoms with Crippen LogP contribution in [0.3, 0.4) is 0 Å². The first kappa shape index (κ1) is 13.7. The number of carbonyl (C=O) groups is 1. The number of nitrogens with two attached hydrogens (primary N) is 1. The van der Waals surface area contributed by atoms with E-state index in [0.29, 0.717) is 24.2 Å². The van der Waals surface area contributed by atoms with E-state index in [1.807, 2.05) is 6.92 Å². The van der Waals surface area contributed by atoms with E-state index in [4.69, 9.17) is 9.56 Å². The summed E-state index contributed by atoms with van der Waals surface area (Å²) < 4.78 is 26.4. The topological polar surface area (TPSA) is 102 Å². The maximum absolute atomic E-state index is 11.7. The van der Waals surface area contributed by atoms with Crippen LogP contribution in [0.1, 0.15) is 29.5 Å². The molecule has 0 bridgehead atoms. The lowest BCUT2D eigenvalue weighted by atomic mass is 10.2. The molecule has 0 unspecified atom stereocenters. The molecule has 0 fully saturated rings. The molecule has 7 heteroatoms. The minimum absolute atomic E-state index is 0.140. The Kier molecular flexibility index (Phi) is 4.71. The van der Waals surface area contributed by atoms with Crippen molar-refractivity contribution in [2.45, 2.75) is 19.8 Å².